The van der Waals surface area contributed by atoms with Crippen LogP contribution >= 0.6 is 0 Å². The summed E-state index contributed by atoms with van der Waals surface area (Å²) in [7, 11) is 0. The molecule has 2 aliphatic rings. The van der Waals surface area contributed by atoms with Crippen molar-refractivity contribution >= 4 is 23.6 Å². The highest BCUT2D eigenvalue weighted by molar-refractivity contribution is 5.92. The quantitative estimate of drug-likeness (QED) is 0.872. The first-order chi connectivity index (χ1) is 10.6. The maximum absolute atomic E-state index is 12.2. The zero-order chi connectivity index (χ0) is 15.6. The highest BCUT2D eigenvalue weighted by atomic mass is 16.2. The van der Waals surface area contributed by atoms with Crippen molar-refractivity contribution in [2.45, 2.75) is 32.6 Å². The Balaban J connectivity index is 1.57. The summed E-state index contributed by atoms with van der Waals surface area (Å²) in [6.07, 6.45) is 8.55. The van der Waals surface area contributed by atoms with Crippen molar-refractivity contribution in [3.8, 4) is 0 Å². The Morgan fingerprint density at radius 1 is 1.18 bits per heavy atom. The van der Waals surface area contributed by atoms with Gasteiger partial charge in [-0.3, -0.25) is 9.59 Å². The average Bonchev–Trinajstić information content (AvgIpc) is 2.91. The van der Waals surface area contributed by atoms with E-state index in [0.717, 1.165) is 30.8 Å². The molecule has 1 aromatic carbocycles. The van der Waals surface area contributed by atoms with Gasteiger partial charge in [0.15, 0.2) is 0 Å². The summed E-state index contributed by atoms with van der Waals surface area (Å²) >= 11 is 0. The lowest BCUT2D eigenvalue weighted by Gasteiger charge is -2.37. The van der Waals surface area contributed by atoms with Crippen molar-refractivity contribution in [1.29, 1.82) is 0 Å². The molecule has 0 atom stereocenters. The Morgan fingerprint density at radius 3 is 2.45 bits per heavy atom. The molecule has 2 fully saturated rings. The lowest BCUT2D eigenvalue weighted by molar-refractivity contribution is -0.125. The fourth-order valence-electron chi connectivity index (χ4n) is 3.36. The zero-order valence-electron chi connectivity index (χ0n) is 13.0. The van der Waals surface area contributed by atoms with Crippen LogP contribution in [0.25, 0.3) is 6.08 Å². The molecule has 0 radical (unpaired) electrons. The van der Waals surface area contributed by atoms with Crippen molar-refractivity contribution in [2.75, 3.05) is 18.4 Å². The van der Waals surface area contributed by atoms with E-state index in [2.05, 4.69) is 5.32 Å². The van der Waals surface area contributed by atoms with Crippen LogP contribution in [0.2, 0.25) is 0 Å². The number of rotatable bonds is 3. The van der Waals surface area contributed by atoms with Gasteiger partial charge in [0, 0.05) is 31.8 Å². The summed E-state index contributed by atoms with van der Waals surface area (Å²) in [5.41, 5.74) is 2.17. The normalized spacial score (nSPS) is 19.4. The van der Waals surface area contributed by atoms with Gasteiger partial charge < -0.3 is 10.2 Å². The largest absolute Gasteiger partial charge is 0.339 e. The minimum absolute atomic E-state index is 0.0857. The van der Waals surface area contributed by atoms with E-state index in [9.17, 15) is 9.59 Å². The van der Waals surface area contributed by atoms with Gasteiger partial charge in [0.2, 0.25) is 11.8 Å². The third-order valence-electron chi connectivity index (χ3n) is 4.81. The molecule has 2 amide bonds. The summed E-state index contributed by atoms with van der Waals surface area (Å²) in [6, 6.07) is 7.47. The van der Waals surface area contributed by atoms with Crippen LogP contribution in [-0.2, 0) is 9.59 Å². The SMILES string of the molecule is CC(=O)Nc1ccc(/C=C/C(=O)N2CCC3(CCC3)C2)cc1. The zero-order valence-corrected chi connectivity index (χ0v) is 13.0. The van der Waals surface area contributed by atoms with E-state index in [1.165, 1.54) is 26.2 Å². The second-order valence-electron chi connectivity index (χ2n) is 6.50. The topological polar surface area (TPSA) is 49.4 Å². The van der Waals surface area contributed by atoms with Gasteiger partial charge >= 0.3 is 0 Å². The predicted octanol–water partition coefficient (Wildman–Crippen LogP) is 3.06. The third kappa shape index (κ3) is 3.21. The van der Waals surface area contributed by atoms with Crippen molar-refractivity contribution in [1.82, 2.24) is 4.90 Å². The van der Waals surface area contributed by atoms with Crippen molar-refractivity contribution in [2.24, 2.45) is 5.41 Å². The number of benzene rings is 1. The van der Waals surface area contributed by atoms with E-state index >= 15 is 0 Å². The van der Waals surface area contributed by atoms with Crippen LogP contribution in [0.4, 0.5) is 5.69 Å². The van der Waals surface area contributed by atoms with Crippen LogP contribution in [-0.4, -0.2) is 29.8 Å². The molecule has 0 aromatic heterocycles. The number of carbonyl (C=O) groups excluding carboxylic acids is 2. The molecule has 0 bridgehead atoms. The van der Waals surface area contributed by atoms with E-state index in [-0.39, 0.29) is 11.8 Å². The number of likely N-dealkylation sites (tertiary alicyclic amines) is 1. The minimum atomic E-state index is -0.0857. The van der Waals surface area contributed by atoms with Crippen LogP contribution in [0.5, 0.6) is 0 Å². The first-order valence-corrected chi connectivity index (χ1v) is 7.91. The average molecular weight is 298 g/mol. The molecule has 4 nitrogen and oxygen atoms in total. The fraction of sp³-hybridized carbons (Fsp3) is 0.444. The molecule has 1 saturated heterocycles. The number of amides is 2. The summed E-state index contributed by atoms with van der Waals surface area (Å²) < 4.78 is 0. The Morgan fingerprint density at radius 2 is 1.91 bits per heavy atom. The van der Waals surface area contributed by atoms with E-state index < -0.39 is 0 Å². The van der Waals surface area contributed by atoms with Gasteiger partial charge in [-0.05, 0) is 48.4 Å². The molecule has 1 aliphatic heterocycles. The molecule has 22 heavy (non-hydrogen) atoms. The molecular weight excluding hydrogens is 276 g/mol. The van der Waals surface area contributed by atoms with Gasteiger partial charge in [-0.25, -0.2) is 0 Å². The molecule has 1 aromatic rings. The molecule has 4 heteroatoms. The van der Waals surface area contributed by atoms with Crippen molar-refractivity contribution in [3.63, 3.8) is 0 Å². The van der Waals surface area contributed by atoms with Crippen molar-refractivity contribution < 1.29 is 9.59 Å². The Bertz CT molecular complexity index is 600. The lowest BCUT2D eigenvalue weighted by atomic mass is 9.68. The van der Waals surface area contributed by atoms with E-state index in [1.807, 2.05) is 35.2 Å². The predicted molar refractivity (Wildman–Crippen MR) is 87.3 cm³/mol. The van der Waals surface area contributed by atoms with Crippen molar-refractivity contribution in [3.05, 3.63) is 35.9 Å². The van der Waals surface area contributed by atoms with Crippen LogP contribution in [0.1, 0.15) is 38.2 Å². The molecule has 1 spiro atoms. The van der Waals surface area contributed by atoms with Gasteiger partial charge in [-0.1, -0.05) is 18.6 Å². The van der Waals surface area contributed by atoms with E-state index in [4.69, 9.17) is 0 Å². The number of carbonyl (C=O) groups is 2. The number of nitrogens with zero attached hydrogens (tertiary/aromatic N) is 1. The number of nitrogens with one attached hydrogen (secondary N) is 1. The number of hydrogen-bond donors (Lipinski definition) is 1. The van der Waals surface area contributed by atoms with E-state index in [1.54, 1.807) is 6.08 Å². The van der Waals surface area contributed by atoms with Gasteiger partial charge in [-0.15, -0.1) is 0 Å². The summed E-state index contributed by atoms with van der Waals surface area (Å²) in [4.78, 5) is 25.2. The molecule has 3 rings (SSSR count). The van der Waals surface area contributed by atoms with Crippen LogP contribution < -0.4 is 5.32 Å². The second kappa shape index (κ2) is 5.95. The fourth-order valence-corrected chi connectivity index (χ4v) is 3.36. The molecule has 116 valence electrons. The number of hydrogen-bond acceptors (Lipinski definition) is 2. The monoisotopic (exact) mass is 298 g/mol. The maximum atomic E-state index is 12.2. The second-order valence-corrected chi connectivity index (χ2v) is 6.50. The lowest BCUT2D eigenvalue weighted by Crippen LogP contribution is -2.35. The molecule has 1 saturated carbocycles. The number of anilines is 1. The highest BCUT2D eigenvalue weighted by Gasteiger charge is 2.43. The molecule has 0 unspecified atom stereocenters. The molecule has 1 N–H and O–H groups in total. The van der Waals surface area contributed by atoms with Crippen LogP contribution in [0.15, 0.2) is 30.3 Å². The van der Waals surface area contributed by atoms with Gasteiger partial charge in [0.05, 0.1) is 0 Å². The van der Waals surface area contributed by atoms with Gasteiger partial charge in [0.1, 0.15) is 0 Å². The molecule has 1 aliphatic carbocycles. The third-order valence-corrected chi connectivity index (χ3v) is 4.81. The Kier molecular flexibility index (Phi) is 4.01. The van der Waals surface area contributed by atoms with Crippen LogP contribution in [0, 0.1) is 5.41 Å². The van der Waals surface area contributed by atoms with Crippen LogP contribution in [0.3, 0.4) is 0 Å². The Hall–Kier alpha value is -2.10. The van der Waals surface area contributed by atoms with Gasteiger partial charge in [-0.2, -0.15) is 0 Å². The molecular formula is C18H22N2O2. The summed E-state index contributed by atoms with van der Waals surface area (Å²) in [6.45, 7) is 3.31. The Labute approximate surface area is 131 Å². The smallest absolute Gasteiger partial charge is 0.246 e. The first-order valence-electron chi connectivity index (χ1n) is 7.91. The van der Waals surface area contributed by atoms with E-state index in [0.29, 0.717) is 5.41 Å². The summed E-state index contributed by atoms with van der Waals surface area (Å²) in [5.74, 6) is 0.0205. The highest BCUT2D eigenvalue weighted by Crippen LogP contribution is 2.47. The van der Waals surface area contributed by atoms with Gasteiger partial charge in [0.25, 0.3) is 0 Å². The summed E-state index contributed by atoms with van der Waals surface area (Å²) in [5, 5.41) is 2.73. The maximum Gasteiger partial charge on any atom is 0.246 e. The minimum Gasteiger partial charge on any atom is -0.339 e. The molecule has 1 heterocycles. The first kappa shape index (κ1) is 14.8. The standard InChI is InChI=1S/C18H22N2O2/c1-14(21)19-16-6-3-15(4-7-16)5-8-17(22)20-12-11-18(13-20)9-2-10-18/h3-8H,2,9-13H2,1H3,(H,19,21)/b8-5+.